The predicted molar refractivity (Wildman–Crippen MR) is 110 cm³/mol. The van der Waals surface area contributed by atoms with E-state index >= 15 is 0 Å². The highest BCUT2D eigenvalue weighted by atomic mass is 35.5. The van der Waals surface area contributed by atoms with E-state index in [2.05, 4.69) is 0 Å². The van der Waals surface area contributed by atoms with Crippen LogP contribution in [0.2, 0.25) is 5.02 Å². The van der Waals surface area contributed by atoms with E-state index in [4.69, 9.17) is 16.3 Å². The molecule has 2 N–H and O–H groups in total. The average molecular weight is 409 g/mol. The highest BCUT2D eigenvalue weighted by Crippen LogP contribution is 2.35. The molecule has 3 unspecified atom stereocenters. The zero-order valence-corrected chi connectivity index (χ0v) is 17.3. The molecule has 0 amide bonds. The molecule has 0 aliphatic carbocycles. The SMILES string of the molecule is CP(C)(=O)c1ccc(Cc2cc(C3CC(O)CC(CO)O3)ccc2Cl)cc1. The molecule has 3 atom stereocenters. The molecule has 1 aliphatic heterocycles. The third-order valence-electron chi connectivity index (χ3n) is 4.98. The molecule has 2 aromatic carbocycles. The minimum atomic E-state index is -2.26. The zero-order valence-electron chi connectivity index (χ0n) is 15.6. The Morgan fingerprint density at radius 3 is 2.48 bits per heavy atom. The van der Waals surface area contributed by atoms with Crippen molar-refractivity contribution in [2.24, 2.45) is 0 Å². The van der Waals surface area contributed by atoms with Gasteiger partial charge in [0, 0.05) is 23.2 Å². The van der Waals surface area contributed by atoms with Crippen LogP contribution in [-0.4, -0.2) is 42.4 Å². The van der Waals surface area contributed by atoms with Gasteiger partial charge in [0.05, 0.1) is 24.9 Å². The summed E-state index contributed by atoms with van der Waals surface area (Å²) >= 11 is 6.40. The molecule has 4 nitrogen and oxygen atoms in total. The lowest BCUT2D eigenvalue weighted by Gasteiger charge is -2.32. The van der Waals surface area contributed by atoms with E-state index in [-0.39, 0.29) is 18.8 Å². The predicted octanol–water partition coefficient (Wildman–Crippen LogP) is 3.75. The Balaban J connectivity index is 1.80. The maximum absolute atomic E-state index is 12.2. The minimum Gasteiger partial charge on any atom is -0.394 e. The summed E-state index contributed by atoms with van der Waals surface area (Å²) in [5.74, 6) is 0. The van der Waals surface area contributed by atoms with Gasteiger partial charge in [-0.05, 0) is 42.5 Å². The second-order valence-corrected chi connectivity index (χ2v) is 11.2. The van der Waals surface area contributed by atoms with Gasteiger partial charge in [-0.25, -0.2) is 0 Å². The molecule has 0 aromatic heterocycles. The molecular weight excluding hydrogens is 383 g/mol. The van der Waals surface area contributed by atoms with Crippen molar-refractivity contribution in [1.29, 1.82) is 0 Å². The Morgan fingerprint density at radius 1 is 1.15 bits per heavy atom. The minimum absolute atomic E-state index is 0.0981. The standard InChI is InChI=1S/C21H26ClO4P/c1-27(2,25)19-6-3-14(4-7-19)9-16-10-15(5-8-20(16)22)21-12-17(24)11-18(13-23)26-21/h3-8,10,17-18,21,23-24H,9,11-13H2,1-2H3. The van der Waals surface area contributed by atoms with Crippen molar-refractivity contribution in [3.63, 3.8) is 0 Å². The third-order valence-corrected chi connectivity index (χ3v) is 6.89. The van der Waals surface area contributed by atoms with Crippen molar-refractivity contribution in [1.82, 2.24) is 0 Å². The average Bonchev–Trinajstić information content (AvgIpc) is 2.62. The first kappa shape index (κ1) is 20.6. The maximum Gasteiger partial charge on any atom is 0.109 e. The first-order valence-corrected chi connectivity index (χ1v) is 12.1. The molecule has 27 heavy (non-hydrogen) atoms. The first-order chi connectivity index (χ1) is 12.8. The summed E-state index contributed by atoms with van der Waals surface area (Å²) in [5, 5.41) is 21.0. The van der Waals surface area contributed by atoms with Crippen LogP contribution in [-0.2, 0) is 15.7 Å². The second-order valence-electron chi connectivity index (χ2n) is 7.60. The van der Waals surface area contributed by atoms with Crippen molar-refractivity contribution in [3.05, 3.63) is 64.2 Å². The van der Waals surface area contributed by atoms with Crippen molar-refractivity contribution in [2.45, 2.75) is 37.6 Å². The third kappa shape index (κ3) is 5.22. The Labute approximate surface area is 165 Å². The number of ether oxygens (including phenoxy) is 1. The summed E-state index contributed by atoms with van der Waals surface area (Å²) < 4.78 is 18.1. The highest BCUT2D eigenvalue weighted by Gasteiger charge is 2.29. The molecule has 146 valence electrons. The van der Waals surface area contributed by atoms with Gasteiger partial charge in [-0.1, -0.05) is 48.0 Å². The molecular formula is C21H26ClO4P. The van der Waals surface area contributed by atoms with E-state index in [1.807, 2.05) is 42.5 Å². The Bertz CT molecular complexity index is 831. The van der Waals surface area contributed by atoms with Crippen LogP contribution in [0, 0.1) is 0 Å². The van der Waals surface area contributed by atoms with Gasteiger partial charge in [-0.3, -0.25) is 0 Å². The summed E-state index contributed by atoms with van der Waals surface area (Å²) in [6, 6.07) is 13.6. The molecule has 6 heteroatoms. The molecule has 1 aliphatic rings. The van der Waals surface area contributed by atoms with Crippen LogP contribution in [0.4, 0.5) is 0 Å². The van der Waals surface area contributed by atoms with Crippen LogP contribution in [0.25, 0.3) is 0 Å². The van der Waals surface area contributed by atoms with Gasteiger partial charge in [-0.15, -0.1) is 0 Å². The van der Waals surface area contributed by atoms with Gasteiger partial charge < -0.3 is 19.5 Å². The number of benzene rings is 2. The molecule has 2 aromatic rings. The number of aliphatic hydroxyl groups is 2. The number of hydrogen-bond donors (Lipinski definition) is 2. The zero-order chi connectivity index (χ0) is 19.6. The molecule has 3 rings (SSSR count). The summed E-state index contributed by atoms with van der Waals surface area (Å²) in [6.45, 7) is 3.43. The molecule has 1 saturated heterocycles. The van der Waals surface area contributed by atoms with Crippen LogP contribution >= 0.6 is 18.7 Å². The van der Waals surface area contributed by atoms with Gasteiger partial charge in [0.15, 0.2) is 0 Å². The van der Waals surface area contributed by atoms with Crippen LogP contribution in [0.3, 0.4) is 0 Å². The summed E-state index contributed by atoms with van der Waals surface area (Å²) in [7, 11) is -2.26. The van der Waals surface area contributed by atoms with Crippen LogP contribution in [0.1, 0.15) is 35.6 Å². The second kappa shape index (κ2) is 8.46. The van der Waals surface area contributed by atoms with Crippen LogP contribution in [0.15, 0.2) is 42.5 Å². The fraction of sp³-hybridized carbons (Fsp3) is 0.429. The lowest BCUT2D eigenvalue weighted by atomic mass is 9.94. The lowest BCUT2D eigenvalue weighted by molar-refractivity contribution is -0.113. The Kier molecular flexibility index (Phi) is 6.45. The Morgan fingerprint density at radius 2 is 1.85 bits per heavy atom. The van der Waals surface area contributed by atoms with Crippen molar-refractivity contribution < 1.29 is 19.5 Å². The van der Waals surface area contributed by atoms with E-state index in [0.717, 1.165) is 22.0 Å². The van der Waals surface area contributed by atoms with Crippen LogP contribution in [0.5, 0.6) is 0 Å². The normalized spacial score (nSPS) is 23.4. The molecule has 0 bridgehead atoms. The fourth-order valence-corrected chi connectivity index (χ4v) is 4.50. The number of aliphatic hydroxyl groups excluding tert-OH is 2. The van der Waals surface area contributed by atoms with Gasteiger partial charge in [0.2, 0.25) is 0 Å². The monoisotopic (exact) mass is 408 g/mol. The number of halogens is 1. The van der Waals surface area contributed by atoms with Crippen molar-refractivity contribution in [2.75, 3.05) is 19.9 Å². The maximum atomic E-state index is 12.2. The molecule has 0 radical (unpaired) electrons. The largest absolute Gasteiger partial charge is 0.394 e. The van der Waals surface area contributed by atoms with Crippen LogP contribution < -0.4 is 5.30 Å². The molecule has 1 heterocycles. The smallest absolute Gasteiger partial charge is 0.109 e. The summed E-state index contributed by atoms with van der Waals surface area (Å²) in [5.41, 5.74) is 3.02. The van der Waals surface area contributed by atoms with E-state index in [1.165, 1.54) is 0 Å². The van der Waals surface area contributed by atoms with Gasteiger partial charge in [-0.2, -0.15) is 0 Å². The first-order valence-electron chi connectivity index (χ1n) is 9.13. The topological polar surface area (TPSA) is 66.8 Å². The van der Waals surface area contributed by atoms with Gasteiger partial charge in [0.1, 0.15) is 7.14 Å². The van der Waals surface area contributed by atoms with E-state index in [1.54, 1.807) is 13.3 Å². The van der Waals surface area contributed by atoms with Crippen molar-refractivity contribution >= 4 is 24.0 Å². The van der Waals surface area contributed by atoms with E-state index in [0.29, 0.717) is 24.3 Å². The highest BCUT2D eigenvalue weighted by molar-refractivity contribution is 7.70. The molecule has 0 spiro atoms. The number of rotatable bonds is 5. The summed E-state index contributed by atoms with van der Waals surface area (Å²) in [4.78, 5) is 0. The van der Waals surface area contributed by atoms with Crippen molar-refractivity contribution in [3.8, 4) is 0 Å². The van der Waals surface area contributed by atoms with E-state index < -0.39 is 13.2 Å². The molecule has 0 saturated carbocycles. The molecule has 1 fully saturated rings. The van der Waals surface area contributed by atoms with E-state index in [9.17, 15) is 14.8 Å². The van der Waals surface area contributed by atoms with Gasteiger partial charge >= 0.3 is 0 Å². The Hall–Kier alpha value is -1.16. The number of hydrogen-bond acceptors (Lipinski definition) is 4. The fourth-order valence-electron chi connectivity index (χ4n) is 3.45. The lowest BCUT2D eigenvalue weighted by Crippen LogP contribution is -2.33. The summed E-state index contributed by atoms with van der Waals surface area (Å²) in [6.07, 6.45) is 0.544. The van der Waals surface area contributed by atoms with Gasteiger partial charge in [0.25, 0.3) is 0 Å². The quantitative estimate of drug-likeness (QED) is 0.739.